The van der Waals surface area contributed by atoms with Crippen molar-refractivity contribution in [2.24, 2.45) is 5.73 Å². The van der Waals surface area contributed by atoms with Crippen LogP contribution in [0.1, 0.15) is 15.9 Å². The highest BCUT2D eigenvalue weighted by atomic mass is 19.4. The van der Waals surface area contributed by atoms with Crippen LogP contribution in [0, 0.1) is 0 Å². The van der Waals surface area contributed by atoms with Crippen LogP contribution in [0.25, 0.3) is 0 Å². The Bertz CT molecular complexity index is 685. The number of nitrogens with two attached hydrogens (primary N) is 2. The number of halogens is 3. The molecule has 0 radical (unpaired) electrons. The van der Waals surface area contributed by atoms with Crippen molar-refractivity contribution in [3.63, 3.8) is 0 Å². The number of primary amides is 1. The molecule has 5 nitrogen and oxygen atoms in total. The number of carbonyl (C=O) groups is 1. The van der Waals surface area contributed by atoms with E-state index in [0.29, 0.717) is 0 Å². The third kappa shape index (κ3) is 3.41. The number of nitrogen functional groups attached to an aromatic ring is 1. The topological polar surface area (TPSA) is 94.0 Å². The quantitative estimate of drug-likeness (QED) is 0.811. The van der Waals surface area contributed by atoms with Crippen LogP contribution < -0.4 is 16.8 Å². The third-order valence-corrected chi connectivity index (χ3v) is 2.66. The zero-order valence-electron chi connectivity index (χ0n) is 10.6. The first-order valence-electron chi connectivity index (χ1n) is 5.77. The number of alkyl halides is 3. The van der Waals surface area contributed by atoms with Gasteiger partial charge in [-0.25, -0.2) is 4.98 Å². The summed E-state index contributed by atoms with van der Waals surface area (Å²) < 4.78 is 37.8. The average molecular weight is 296 g/mol. The maximum atomic E-state index is 12.6. The molecule has 1 aromatic carbocycles. The van der Waals surface area contributed by atoms with Crippen LogP contribution in [0.2, 0.25) is 0 Å². The molecular formula is C13H11F3N4O. The number of nitrogens with zero attached hydrogens (tertiary/aromatic N) is 1. The molecule has 5 N–H and O–H groups in total. The van der Waals surface area contributed by atoms with Crippen LogP contribution in [0.3, 0.4) is 0 Å². The maximum absolute atomic E-state index is 12.6. The fraction of sp³-hybridized carbons (Fsp3) is 0.0769. The lowest BCUT2D eigenvalue weighted by Gasteiger charge is -2.11. The van der Waals surface area contributed by atoms with E-state index in [9.17, 15) is 18.0 Å². The molecule has 21 heavy (non-hydrogen) atoms. The molecule has 1 aromatic heterocycles. The molecule has 2 aromatic rings. The number of carbonyl (C=O) groups excluding carboxylic acids is 1. The predicted molar refractivity (Wildman–Crippen MR) is 71.9 cm³/mol. The number of nitrogens with one attached hydrogen (secondary N) is 1. The molecule has 0 bridgehead atoms. The number of rotatable bonds is 3. The van der Waals surface area contributed by atoms with Crippen molar-refractivity contribution in [1.82, 2.24) is 4.98 Å². The van der Waals surface area contributed by atoms with Gasteiger partial charge in [0.25, 0.3) is 5.91 Å². The van der Waals surface area contributed by atoms with Gasteiger partial charge in [-0.15, -0.1) is 0 Å². The zero-order valence-corrected chi connectivity index (χ0v) is 10.6. The number of aromatic nitrogens is 1. The van der Waals surface area contributed by atoms with Crippen LogP contribution in [-0.4, -0.2) is 10.9 Å². The van der Waals surface area contributed by atoms with Gasteiger partial charge < -0.3 is 16.8 Å². The minimum atomic E-state index is -4.44. The van der Waals surface area contributed by atoms with Gasteiger partial charge in [-0.05, 0) is 24.3 Å². The fourth-order valence-corrected chi connectivity index (χ4v) is 1.67. The van der Waals surface area contributed by atoms with E-state index < -0.39 is 17.6 Å². The first kappa shape index (κ1) is 14.6. The highest BCUT2D eigenvalue weighted by Gasteiger charge is 2.30. The summed E-state index contributed by atoms with van der Waals surface area (Å²) >= 11 is 0. The van der Waals surface area contributed by atoms with Crippen molar-refractivity contribution in [2.75, 3.05) is 11.1 Å². The first-order valence-corrected chi connectivity index (χ1v) is 5.77. The van der Waals surface area contributed by atoms with E-state index in [0.717, 1.165) is 12.1 Å². The lowest BCUT2D eigenvalue weighted by molar-refractivity contribution is -0.137. The standard InChI is InChI=1S/C13H11F3N4O/c14-13(15,16)7-2-1-3-8(4-7)20-11-5-9(12(18)21)10(17)6-19-11/h1-6H,17H2,(H2,18,21)(H,19,20). The van der Waals surface area contributed by atoms with Crippen LogP contribution in [0.4, 0.5) is 30.4 Å². The lowest BCUT2D eigenvalue weighted by atomic mass is 10.2. The fourth-order valence-electron chi connectivity index (χ4n) is 1.67. The van der Waals surface area contributed by atoms with E-state index in [-0.39, 0.29) is 22.8 Å². The van der Waals surface area contributed by atoms with Crippen molar-refractivity contribution < 1.29 is 18.0 Å². The van der Waals surface area contributed by atoms with Gasteiger partial charge in [0.2, 0.25) is 0 Å². The molecule has 0 fully saturated rings. The van der Waals surface area contributed by atoms with E-state index in [1.165, 1.54) is 24.4 Å². The Balaban J connectivity index is 2.31. The summed E-state index contributed by atoms with van der Waals surface area (Å²) in [5, 5.41) is 2.66. The molecule has 0 saturated carbocycles. The SMILES string of the molecule is NC(=O)c1cc(Nc2cccc(C(F)(F)F)c2)ncc1N. The van der Waals surface area contributed by atoms with Gasteiger partial charge >= 0.3 is 6.18 Å². The van der Waals surface area contributed by atoms with Crippen molar-refractivity contribution in [1.29, 1.82) is 0 Å². The van der Waals surface area contributed by atoms with Gasteiger partial charge in [0, 0.05) is 5.69 Å². The second-order valence-corrected chi connectivity index (χ2v) is 4.22. The van der Waals surface area contributed by atoms with Crippen molar-refractivity contribution in [3.05, 3.63) is 47.7 Å². The largest absolute Gasteiger partial charge is 0.416 e. The molecule has 8 heteroatoms. The summed E-state index contributed by atoms with van der Waals surface area (Å²) in [5.74, 6) is -0.584. The number of amides is 1. The molecule has 0 spiro atoms. The normalized spacial score (nSPS) is 11.2. The van der Waals surface area contributed by atoms with E-state index in [4.69, 9.17) is 11.5 Å². The van der Waals surface area contributed by atoms with Gasteiger partial charge in [0.1, 0.15) is 5.82 Å². The van der Waals surface area contributed by atoms with Crippen LogP contribution in [0.5, 0.6) is 0 Å². The van der Waals surface area contributed by atoms with Gasteiger partial charge in [0.05, 0.1) is 23.0 Å². The van der Waals surface area contributed by atoms with Gasteiger partial charge in [0.15, 0.2) is 0 Å². The molecule has 0 unspecified atom stereocenters. The summed E-state index contributed by atoms with van der Waals surface area (Å²) in [6.45, 7) is 0. The maximum Gasteiger partial charge on any atom is 0.416 e. The second kappa shape index (κ2) is 5.31. The molecular weight excluding hydrogens is 285 g/mol. The number of pyridine rings is 1. The summed E-state index contributed by atoms with van der Waals surface area (Å²) in [6.07, 6.45) is -3.24. The van der Waals surface area contributed by atoms with Crippen LogP contribution >= 0.6 is 0 Å². The Morgan fingerprint density at radius 3 is 2.57 bits per heavy atom. The molecule has 0 aliphatic rings. The summed E-state index contributed by atoms with van der Waals surface area (Å²) in [6, 6.07) is 5.87. The Morgan fingerprint density at radius 1 is 1.24 bits per heavy atom. The minimum Gasteiger partial charge on any atom is -0.397 e. The highest BCUT2D eigenvalue weighted by molar-refractivity contribution is 5.98. The van der Waals surface area contributed by atoms with Crippen molar-refractivity contribution in [2.45, 2.75) is 6.18 Å². The van der Waals surface area contributed by atoms with E-state index in [1.807, 2.05) is 0 Å². The summed E-state index contributed by atoms with van der Waals surface area (Å²) in [7, 11) is 0. The summed E-state index contributed by atoms with van der Waals surface area (Å²) in [5.41, 5.74) is 10.2. The number of benzene rings is 1. The van der Waals surface area contributed by atoms with Crippen LogP contribution in [0.15, 0.2) is 36.5 Å². The molecule has 2 rings (SSSR count). The first-order chi connectivity index (χ1) is 9.77. The zero-order chi connectivity index (χ0) is 15.6. The molecule has 0 aliphatic heterocycles. The molecule has 110 valence electrons. The molecule has 0 aliphatic carbocycles. The lowest BCUT2D eigenvalue weighted by Crippen LogP contribution is -2.14. The van der Waals surface area contributed by atoms with E-state index >= 15 is 0 Å². The average Bonchev–Trinajstić information content (AvgIpc) is 2.40. The Morgan fingerprint density at radius 2 is 1.95 bits per heavy atom. The monoisotopic (exact) mass is 296 g/mol. The van der Waals surface area contributed by atoms with Crippen molar-refractivity contribution in [3.8, 4) is 0 Å². The predicted octanol–water partition coefficient (Wildman–Crippen LogP) is 2.53. The molecule has 0 atom stereocenters. The molecule has 1 heterocycles. The summed E-state index contributed by atoms with van der Waals surface area (Å²) in [4.78, 5) is 15.0. The smallest absolute Gasteiger partial charge is 0.397 e. The Labute approximate surface area is 117 Å². The third-order valence-electron chi connectivity index (χ3n) is 2.66. The van der Waals surface area contributed by atoms with Gasteiger partial charge in [-0.3, -0.25) is 4.79 Å². The minimum absolute atomic E-state index is 0.0412. The van der Waals surface area contributed by atoms with E-state index in [2.05, 4.69) is 10.3 Å². The Hall–Kier alpha value is -2.77. The molecule has 0 saturated heterocycles. The van der Waals surface area contributed by atoms with Crippen LogP contribution in [-0.2, 0) is 6.18 Å². The van der Waals surface area contributed by atoms with E-state index in [1.54, 1.807) is 0 Å². The molecule has 1 amide bonds. The Kier molecular flexibility index (Phi) is 3.70. The highest BCUT2D eigenvalue weighted by Crippen LogP contribution is 2.31. The van der Waals surface area contributed by atoms with Crippen molar-refractivity contribution >= 4 is 23.1 Å². The number of anilines is 3. The van der Waals surface area contributed by atoms with Gasteiger partial charge in [-0.1, -0.05) is 6.07 Å². The number of hydrogen-bond acceptors (Lipinski definition) is 4. The number of hydrogen-bond donors (Lipinski definition) is 3. The van der Waals surface area contributed by atoms with Gasteiger partial charge in [-0.2, -0.15) is 13.2 Å². The second-order valence-electron chi connectivity index (χ2n) is 4.22.